The number of carbonyl (C=O) groups excluding carboxylic acids is 1. The highest BCUT2D eigenvalue weighted by atomic mass is 16.2. The molecule has 2 fully saturated rings. The highest BCUT2D eigenvalue weighted by molar-refractivity contribution is 5.98. The summed E-state index contributed by atoms with van der Waals surface area (Å²) in [6.07, 6.45) is 5.91. The lowest BCUT2D eigenvalue weighted by atomic mass is 9.76. The van der Waals surface area contributed by atoms with E-state index in [1.807, 2.05) is 6.07 Å². The standard InChI is InChI=1S/C24H35N3O/c1-6-22(2,3)20-19(17-10-8-7-9-11-17)16-27(26-20)21(28)25-24(5)18-12-14-23(24,4)15-13-18/h7-11,18-19H,6,12-16H2,1-5H3,(H,25,28)/t18-,19?,23+,24?. The van der Waals surface area contributed by atoms with Crippen molar-refractivity contribution in [2.45, 2.75) is 78.2 Å². The van der Waals surface area contributed by atoms with Gasteiger partial charge in [-0.05, 0) is 55.9 Å². The maximum absolute atomic E-state index is 13.3. The van der Waals surface area contributed by atoms with Gasteiger partial charge in [-0.2, -0.15) is 5.10 Å². The van der Waals surface area contributed by atoms with Gasteiger partial charge >= 0.3 is 6.03 Å². The molecule has 0 aromatic heterocycles. The lowest BCUT2D eigenvalue weighted by molar-refractivity contribution is 0.148. The Kier molecular flexibility index (Phi) is 4.59. The van der Waals surface area contributed by atoms with Gasteiger partial charge in [0.2, 0.25) is 0 Å². The zero-order chi connectivity index (χ0) is 20.2. The summed E-state index contributed by atoms with van der Waals surface area (Å²) in [4.78, 5) is 13.3. The average molecular weight is 382 g/mol. The number of amides is 2. The molecule has 3 aliphatic rings. The molecule has 152 valence electrons. The lowest BCUT2D eigenvalue weighted by Crippen LogP contribution is -2.56. The number of rotatable bonds is 4. The largest absolute Gasteiger partial charge is 0.338 e. The van der Waals surface area contributed by atoms with Crippen LogP contribution in [0.3, 0.4) is 0 Å². The molecule has 2 saturated carbocycles. The Morgan fingerprint density at radius 2 is 1.86 bits per heavy atom. The van der Waals surface area contributed by atoms with Crippen LogP contribution in [-0.2, 0) is 0 Å². The number of nitrogens with one attached hydrogen (secondary N) is 1. The molecule has 4 heteroatoms. The molecule has 2 bridgehead atoms. The maximum atomic E-state index is 13.3. The molecule has 1 heterocycles. The second kappa shape index (κ2) is 6.60. The van der Waals surface area contributed by atoms with Crippen LogP contribution in [0.25, 0.3) is 0 Å². The van der Waals surface area contributed by atoms with Crippen molar-refractivity contribution in [3.05, 3.63) is 35.9 Å². The molecule has 1 aromatic rings. The summed E-state index contributed by atoms with van der Waals surface area (Å²) in [5.41, 5.74) is 2.46. The van der Waals surface area contributed by atoms with Crippen molar-refractivity contribution < 1.29 is 4.79 Å². The molecule has 28 heavy (non-hydrogen) atoms. The Balaban J connectivity index is 1.59. The van der Waals surface area contributed by atoms with Gasteiger partial charge < -0.3 is 5.32 Å². The third-order valence-electron chi connectivity index (χ3n) is 8.45. The van der Waals surface area contributed by atoms with Crippen molar-refractivity contribution in [2.75, 3.05) is 6.54 Å². The molecule has 1 aliphatic heterocycles. The Hall–Kier alpha value is -1.84. The minimum Gasteiger partial charge on any atom is -0.331 e. The number of hydrogen-bond donors (Lipinski definition) is 1. The molecule has 0 radical (unpaired) electrons. The van der Waals surface area contributed by atoms with E-state index in [9.17, 15) is 4.79 Å². The summed E-state index contributed by atoms with van der Waals surface area (Å²) < 4.78 is 0. The average Bonchev–Trinajstić information content (AvgIpc) is 3.31. The number of urea groups is 1. The van der Waals surface area contributed by atoms with Crippen molar-refractivity contribution in [1.82, 2.24) is 10.3 Å². The van der Waals surface area contributed by atoms with Gasteiger partial charge in [-0.1, -0.05) is 58.0 Å². The molecular weight excluding hydrogens is 346 g/mol. The van der Waals surface area contributed by atoms with Crippen molar-refractivity contribution in [3.63, 3.8) is 0 Å². The van der Waals surface area contributed by atoms with Crippen LogP contribution in [0, 0.1) is 16.7 Å². The van der Waals surface area contributed by atoms with Crippen LogP contribution in [0.5, 0.6) is 0 Å². The Labute approximate surface area is 169 Å². The van der Waals surface area contributed by atoms with Gasteiger partial charge in [0.15, 0.2) is 0 Å². The Morgan fingerprint density at radius 3 is 2.39 bits per heavy atom. The van der Waals surface area contributed by atoms with E-state index in [-0.39, 0.29) is 28.3 Å². The number of hydrazone groups is 1. The lowest BCUT2D eigenvalue weighted by Gasteiger charge is -2.39. The van der Waals surface area contributed by atoms with Crippen molar-refractivity contribution in [2.24, 2.45) is 21.8 Å². The van der Waals surface area contributed by atoms with Crippen LogP contribution in [0.1, 0.15) is 78.2 Å². The summed E-state index contributed by atoms with van der Waals surface area (Å²) in [7, 11) is 0. The van der Waals surface area contributed by atoms with Crippen LogP contribution in [0.15, 0.2) is 35.4 Å². The summed E-state index contributed by atoms with van der Waals surface area (Å²) in [5.74, 6) is 0.773. The van der Waals surface area contributed by atoms with Crippen LogP contribution in [0.4, 0.5) is 4.79 Å². The summed E-state index contributed by atoms with van der Waals surface area (Å²) in [6.45, 7) is 11.9. The fraction of sp³-hybridized carbons (Fsp3) is 0.667. The summed E-state index contributed by atoms with van der Waals surface area (Å²) in [6, 6.07) is 10.5. The minimum absolute atomic E-state index is 0.0228. The highest BCUT2D eigenvalue weighted by Gasteiger charge is 2.60. The van der Waals surface area contributed by atoms with E-state index in [1.54, 1.807) is 5.01 Å². The van der Waals surface area contributed by atoms with Gasteiger partial charge in [0.05, 0.1) is 12.3 Å². The molecule has 2 atom stereocenters. The van der Waals surface area contributed by atoms with Crippen LogP contribution in [-0.4, -0.2) is 28.8 Å². The fourth-order valence-electron chi connectivity index (χ4n) is 5.75. The highest BCUT2D eigenvalue weighted by Crippen LogP contribution is 2.60. The molecule has 1 aromatic carbocycles. The molecule has 4 rings (SSSR count). The Bertz CT molecular complexity index is 776. The van der Waals surface area contributed by atoms with Gasteiger partial charge in [-0.25, -0.2) is 9.80 Å². The molecule has 1 N–H and O–H groups in total. The van der Waals surface area contributed by atoms with Crippen LogP contribution >= 0.6 is 0 Å². The molecule has 2 aliphatic carbocycles. The molecule has 0 spiro atoms. The van der Waals surface area contributed by atoms with Gasteiger partial charge in [0, 0.05) is 16.9 Å². The summed E-state index contributed by atoms with van der Waals surface area (Å²) >= 11 is 0. The first-order chi connectivity index (χ1) is 13.2. The predicted octanol–water partition coefficient (Wildman–Crippen LogP) is 5.56. The van der Waals surface area contributed by atoms with Gasteiger partial charge in [0.1, 0.15) is 0 Å². The number of nitrogens with zero attached hydrogens (tertiary/aromatic N) is 2. The summed E-state index contributed by atoms with van der Waals surface area (Å²) in [5, 5.41) is 10.0. The molecule has 2 amide bonds. The molecule has 4 nitrogen and oxygen atoms in total. The SMILES string of the molecule is CCC(C)(C)C1=NN(C(=O)NC2(C)[C@H]3CC[C@]2(C)CC3)CC1c1ccccc1. The predicted molar refractivity (Wildman–Crippen MR) is 114 cm³/mol. The van der Waals surface area contributed by atoms with Gasteiger partial charge in [-0.15, -0.1) is 0 Å². The van der Waals surface area contributed by atoms with Crippen LogP contribution in [0.2, 0.25) is 0 Å². The first-order valence-corrected chi connectivity index (χ1v) is 10.9. The van der Waals surface area contributed by atoms with Gasteiger partial charge in [-0.3, -0.25) is 0 Å². The van der Waals surface area contributed by atoms with E-state index < -0.39 is 0 Å². The van der Waals surface area contributed by atoms with E-state index in [2.05, 4.69) is 64.2 Å². The van der Waals surface area contributed by atoms with E-state index in [1.165, 1.54) is 31.2 Å². The smallest absolute Gasteiger partial charge is 0.331 e. The van der Waals surface area contributed by atoms with Crippen molar-refractivity contribution in [1.29, 1.82) is 0 Å². The number of fused-ring (bicyclic) bond motifs is 2. The molecule has 2 unspecified atom stereocenters. The number of carbonyl (C=O) groups is 1. The zero-order valence-electron chi connectivity index (χ0n) is 18.1. The van der Waals surface area contributed by atoms with Gasteiger partial charge in [0.25, 0.3) is 0 Å². The fourth-order valence-corrected chi connectivity index (χ4v) is 5.75. The second-order valence-corrected chi connectivity index (χ2v) is 10.2. The van der Waals surface area contributed by atoms with E-state index >= 15 is 0 Å². The number of hydrogen-bond acceptors (Lipinski definition) is 2. The number of benzene rings is 1. The normalized spacial score (nSPS) is 34.6. The first-order valence-electron chi connectivity index (χ1n) is 10.9. The van der Waals surface area contributed by atoms with Crippen molar-refractivity contribution in [3.8, 4) is 0 Å². The molecular formula is C24H35N3O. The molecule has 0 saturated heterocycles. The zero-order valence-corrected chi connectivity index (χ0v) is 18.1. The monoisotopic (exact) mass is 381 g/mol. The van der Waals surface area contributed by atoms with E-state index in [0.717, 1.165) is 12.1 Å². The maximum Gasteiger partial charge on any atom is 0.338 e. The van der Waals surface area contributed by atoms with Crippen molar-refractivity contribution >= 4 is 11.7 Å². The van der Waals surface area contributed by atoms with Crippen LogP contribution < -0.4 is 5.32 Å². The van der Waals surface area contributed by atoms with E-state index in [4.69, 9.17) is 5.10 Å². The quantitative estimate of drug-likeness (QED) is 0.729. The topological polar surface area (TPSA) is 44.7 Å². The third-order valence-corrected chi connectivity index (χ3v) is 8.45. The van der Waals surface area contributed by atoms with E-state index in [0.29, 0.717) is 12.5 Å². The second-order valence-electron chi connectivity index (χ2n) is 10.2. The third kappa shape index (κ3) is 2.87. The minimum atomic E-state index is -0.106. The first kappa shape index (κ1) is 19.5. The Morgan fingerprint density at radius 1 is 1.21 bits per heavy atom.